The number of benzene rings is 2. The average molecular weight is 334 g/mol. The number of rotatable bonds is 4. The fraction of sp³-hybridized carbons (Fsp3) is 0.300. The van der Waals surface area contributed by atoms with E-state index in [1.54, 1.807) is 0 Å². The molecule has 0 spiro atoms. The van der Waals surface area contributed by atoms with Crippen LogP contribution in [0.3, 0.4) is 0 Å². The number of nitrogens with two attached hydrogens (primary N) is 1. The van der Waals surface area contributed by atoms with E-state index in [-0.39, 0.29) is 0 Å². The molecule has 0 bridgehead atoms. The first-order chi connectivity index (χ1) is 12.2. The summed E-state index contributed by atoms with van der Waals surface area (Å²) in [4.78, 5) is 7.04. The Morgan fingerprint density at radius 3 is 2.56 bits per heavy atom. The van der Waals surface area contributed by atoms with Crippen LogP contribution in [0.5, 0.6) is 0 Å². The number of aromatic nitrogens is 2. The molecular formula is C20H22N4O. The summed E-state index contributed by atoms with van der Waals surface area (Å²) in [7, 11) is 0. The van der Waals surface area contributed by atoms with Gasteiger partial charge in [0.15, 0.2) is 0 Å². The molecule has 1 aromatic heterocycles. The summed E-state index contributed by atoms with van der Waals surface area (Å²) in [5.74, 6) is 1.18. The molecule has 0 aliphatic carbocycles. The molecule has 128 valence electrons. The van der Waals surface area contributed by atoms with Gasteiger partial charge in [0.1, 0.15) is 0 Å². The van der Waals surface area contributed by atoms with Crippen molar-refractivity contribution < 1.29 is 4.52 Å². The molecule has 2 aromatic carbocycles. The highest BCUT2D eigenvalue weighted by Gasteiger charge is 2.20. The molecule has 4 rings (SSSR count). The summed E-state index contributed by atoms with van der Waals surface area (Å²) in [5.41, 5.74) is 11.0. The zero-order valence-corrected chi connectivity index (χ0v) is 14.4. The van der Waals surface area contributed by atoms with Crippen molar-refractivity contribution in [1.29, 1.82) is 0 Å². The van der Waals surface area contributed by atoms with Gasteiger partial charge in [-0.3, -0.25) is 0 Å². The number of anilines is 1. The van der Waals surface area contributed by atoms with E-state index >= 15 is 0 Å². The maximum absolute atomic E-state index is 5.65. The molecule has 0 atom stereocenters. The van der Waals surface area contributed by atoms with Crippen LogP contribution in [-0.2, 0) is 6.54 Å². The Morgan fingerprint density at radius 2 is 1.84 bits per heavy atom. The van der Waals surface area contributed by atoms with Crippen molar-refractivity contribution >= 4 is 5.69 Å². The quantitative estimate of drug-likeness (QED) is 0.786. The van der Waals surface area contributed by atoms with Gasteiger partial charge in [-0.05, 0) is 37.5 Å². The van der Waals surface area contributed by atoms with Crippen LogP contribution >= 0.6 is 0 Å². The van der Waals surface area contributed by atoms with Crippen LogP contribution in [0.4, 0.5) is 5.69 Å². The van der Waals surface area contributed by atoms with Crippen molar-refractivity contribution in [3.8, 4) is 22.8 Å². The Labute approximate surface area is 147 Å². The lowest BCUT2D eigenvalue weighted by Gasteiger charge is -2.20. The topological polar surface area (TPSA) is 68.2 Å². The predicted molar refractivity (Wildman–Crippen MR) is 99.2 cm³/mol. The lowest BCUT2D eigenvalue weighted by molar-refractivity contribution is 0.432. The number of aryl methyl sites for hydroxylation is 1. The standard InChI is InChI=1S/C20H22N4O/c1-14-4-9-18(24-10-2-3-11-24)17(12-14)20-22-19(23-25-20)16-7-5-15(13-21)6-8-16/h4-9,12H,2-3,10-11,13,21H2,1H3. The van der Waals surface area contributed by atoms with E-state index in [0.717, 1.165) is 29.8 Å². The molecule has 0 amide bonds. The third-order valence-electron chi connectivity index (χ3n) is 4.70. The fourth-order valence-electron chi connectivity index (χ4n) is 3.30. The van der Waals surface area contributed by atoms with E-state index in [1.807, 2.05) is 24.3 Å². The third-order valence-corrected chi connectivity index (χ3v) is 4.70. The van der Waals surface area contributed by atoms with Crippen LogP contribution in [0.2, 0.25) is 0 Å². The Morgan fingerprint density at radius 1 is 1.08 bits per heavy atom. The lowest BCUT2D eigenvalue weighted by atomic mass is 10.1. The monoisotopic (exact) mass is 334 g/mol. The molecule has 1 fully saturated rings. The van der Waals surface area contributed by atoms with Crippen molar-refractivity contribution in [1.82, 2.24) is 10.1 Å². The second-order valence-electron chi connectivity index (χ2n) is 6.54. The summed E-state index contributed by atoms with van der Waals surface area (Å²) < 4.78 is 5.60. The van der Waals surface area contributed by atoms with Crippen molar-refractivity contribution in [2.45, 2.75) is 26.3 Å². The van der Waals surface area contributed by atoms with Crippen LogP contribution in [0.1, 0.15) is 24.0 Å². The van der Waals surface area contributed by atoms with Gasteiger partial charge in [0.25, 0.3) is 5.89 Å². The molecule has 0 unspecified atom stereocenters. The highest BCUT2D eigenvalue weighted by molar-refractivity contribution is 5.75. The van der Waals surface area contributed by atoms with Gasteiger partial charge >= 0.3 is 0 Å². The maximum Gasteiger partial charge on any atom is 0.260 e. The summed E-state index contributed by atoms with van der Waals surface area (Å²) >= 11 is 0. The Hall–Kier alpha value is -2.66. The number of nitrogens with zero attached hydrogens (tertiary/aromatic N) is 3. The van der Waals surface area contributed by atoms with E-state index in [9.17, 15) is 0 Å². The summed E-state index contributed by atoms with van der Waals surface area (Å²) in [6.45, 7) is 4.77. The fourth-order valence-corrected chi connectivity index (χ4v) is 3.30. The van der Waals surface area contributed by atoms with Gasteiger partial charge in [-0.2, -0.15) is 4.98 Å². The van der Waals surface area contributed by atoms with Gasteiger partial charge in [0.2, 0.25) is 5.82 Å². The van der Waals surface area contributed by atoms with Crippen LogP contribution in [-0.4, -0.2) is 23.2 Å². The molecule has 0 saturated carbocycles. The Balaban J connectivity index is 1.70. The van der Waals surface area contributed by atoms with Gasteiger partial charge < -0.3 is 15.2 Å². The summed E-state index contributed by atoms with van der Waals surface area (Å²) in [6.07, 6.45) is 2.46. The molecule has 0 radical (unpaired) electrons. The minimum absolute atomic E-state index is 0.528. The average Bonchev–Trinajstić information content (AvgIpc) is 3.34. The maximum atomic E-state index is 5.65. The first-order valence-electron chi connectivity index (χ1n) is 8.73. The van der Waals surface area contributed by atoms with Crippen LogP contribution in [0.25, 0.3) is 22.8 Å². The highest BCUT2D eigenvalue weighted by Crippen LogP contribution is 2.33. The molecule has 3 aromatic rings. The first-order valence-corrected chi connectivity index (χ1v) is 8.73. The third kappa shape index (κ3) is 3.15. The molecule has 1 aliphatic heterocycles. The van der Waals surface area contributed by atoms with E-state index in [0.29, 0.717) is 18.3 Å². The normalized spacial score (nSPS) is 14.2. The van der Waals surface area contributed by atoms with Crippen molar-refractivity contribution in [2.24, 2.45) is 5.73 Å². The number of hydrogen-bond donors (Lipinski definition) is 1. The second kappa shape index (κ2) is 6.69. The van der Waals surface area contributed by atoms with E-state index < -0.39 is 0 Å². The van der Waals surface area contributed by atoms with Crippen molar-refractivity contribution in [3.05, 3.63) is 53.6 Å². The molecule has 25 heavy (non-hydrogen) atoms. The Bertz CT molecular complexity index is 864. The second-order valence-corrected chi connectivity index (χ2v) is 6.54. The molecular weight excluding hydrogens is 312 g/mol. The van der Waals surface area contributed by atoms with Gasteiger partial charge in [-0.15, -0.1) is 0 Å². The van der Waals surface area contributed by atoms with Crippen molar-refractivity contribution in [3.63, 3.8) is 0 Å². The van der Waals surface area contributed by atoms with Crippen LogP contribution in [0.15, 0.2) is 47.0 Å². The van der Waals surface area contributed by atoms with Crippen molar-refractivity contribution in [2.75, 3.05) is 18.0 Å². The minimum Gasteiger partial charge on any atom is -0.371 e. The van der Waals surface area contributed by atoms with E-state index in [2.05, 4.69) is 40.2 Å². The highest BCUT2D eigenvalue weighted by atomic mass is 16.5. The summed E-state index contributed by atoms with van der Waals surface area (Å²) in [6, 6.07) is 14.4. The molecule has 5 heteroatoms. The largest absolute Gasteiger partial charge is 0.371 e. The van der Waals surface area contributed by atoms with E-state index in [1.165, 1.54) is 24.1 Å². The molecule has 2 heterocycles. The SMILES string of the molecule is Cc1ccc(N2CCCC2)c(-c2nc(-c3ccc(CN)cc3)no2)c1. The van der Waals surface area contributed by atoms with Gasteiger partial charge in [-0.1, -0.05) is 41.1 Å². The molecule has 1 aliphatic rings. The molecule has 2 N–H and O–H groups in total. The van der Waals surface area contributed by atoms with Crippen LogP contribution < -0.4 is 10.6 Å². The van der Waals surface area contributed by atoms with Crippen LogP contribution in [0, 0.1) is 6.92 Å². The zero-order chi connectivity index (χ0) is 17.2. The first kappa shape index (κ1) is 15.8. The van der Waals surface area contributed by atoms with Gasteiger partial charge in [0.05, 0.1) is 5.56 Å². The molecule has 5 nitrogen and oxygen atoms in total. The smallest absolute Gasteiger partial charge is 0.260 e. The minimum atomic E-state index is 0.528. The predicted octanol–water partition coefficient (Wildman–Crippen LogP) is 3.77. The number of hydrogen-bond acceptors (Lipinski definition) is 5. The van der Waals surface area contributed by atoms with Gasteiger partial charge in [0, 0.05) is 30.9 Å². The van der Waals surface area contributed by atoms with E-state index in [4.69, 9.17) is 10.3 Å². The Kier molecular flexibility index (Phi) is 4.24. The zero-order valence-electron chi connectivity index (χ0n) is 14.4. The lowest BCUT2D eigenvalue weighted by Crippen LogP contribution is -2.18. The summed E-state index contributed by atoms with van der Waals surface area (Å²) in [5, 5.41) is 4.18. The molecule has 1 saturated heterocycles. The van der Waals surface area contributed by atoms with Gasteiger partial charge in [-0.25, -0.2) is 0 Å².